The maximum absolute atomic E-state index is 13.5. The van der Waals surface area contributed by atoms with Gasteiger partial charge in [-0.15, -0.1) is 10.2 Å². The van der Waals surface area contributed by atoms with Crippen LogP contribution in [0.1, 0.15) is 31.0 Å². The molecule has 1 saturated carbocycles. The Morgan fingerprint density at radius 1 is 1.13 bits per heavy atom. The number of halogens is 3. The van der Waals surface area contributed by atoms with Gasteiger partial charge in [-0.25, -0.2) is 26.6 Å². The number of hydrogen-bond donors (Lipinski definition) is 1. The van der Waals surface area contributed by atoms with Crippen molar-refractivity contribution in [2.45, 2.75) is 30.1 Å². The molecule has 1 N–H and O–H groups in total. The highest BCUT2D eigenvalue weighted by molar-refractivity contribution is 7.91. The normalized spacial score (nSPS) is 19.8. The third-order valence-corrected chi connectivity index (χ3v) is 7.51. The Bertz CT molecular complexity index is 1360. The van der Waals surface area contributed by atoms with E-state index in [1.807, 2.05) is 10.5 Å². The molecule has 0 radical (unpaired) electrons. The van der Waals surface area contributed by atoms with Crippen molar-refractivity contribution in [2.75, 3.05) is 5.75 Å². The second-order valence-corrected chi connectivity index (χ2v) is 9.61. The maximum atomic E-state index is 13.5. The van der Waals surface area contributed by atoms with Crippen molar-refractivity contribution in [3.63, 3.8) is 0 Å². The van der Waals surface area contributed by atoms with Crippen LogP contribution in [0, 0.1) is 23.4 Å². The fourth-order valence-electron chi connectivity index (χ4n) is 4.24. The summed E-state index contributed by atoms with van der Waals surface area (Å²) < 4.78 is 67.3. The highest BCUT2D eigenvalue weighted by Gasteiger charge is 2.33. The second kappa shape index (κ2) is 6.79. The Hall–Kier alpha value is -2.95. The first-order valence-corrected chi connectivity index (χ1v) is 11.0. The van der Waals surface area contributed by atoms with Crippen molar-refractivity contribution in [1.29, 1.82) is 0 Å². The lowest BCUT2D eigenvalue weighted by Gasteiger charge is -2.12. The quantitative estimate of drug-likeness (QED) is 0.392. The Kier molecular flexibility index (Phi) is 4.31. The first-order chi connectivity index (χ1) is 14.3. The molecule has 2 atom stereocenters. The fourth-order valence-corrected chi connectivity index (χ4v) is 5.92. The van der Waals surface area contributed by atoms with Crippen molar-refractivity contribution in [3.8, 4) is 0 Å². The number of hydrogen-bond acceptors (Lipinski definition) is 5. The average Bonchev–Trinajstić information content (AvgIpc) is 3.43. The number of rotatable bonds is 4. The number of benzene rings is 1. The molecule has 1 aromatic carbocycles. The van der Waals surface area contributed by atoms with E-state index in [9.17, 15) is 21.6 Å². The summed E-state index contributed by atoms with van der Waals surface area (Å²) in [6.45, 7) is 0. The van der Waals surface area contributed by atoms with Crippen LogP contribution in [0.5, 0.6) is 0 Å². The first kappa shape index (κ1) is 19.0. The topological polar surface area (TPSA) is 93.0 Å². The summed E-state index contributed by atoms with van der Waals surface area (Å²) in [6, 6.07) is 2.93. The number of H-pyrrole nitrogens is 1. The third-order valence-electron chi connectivity index (χ3n) is 5.64. The van der Waals surface area contributed by atoms with Crippen LogP contribution in [0.25, 0.3) is 16.8 Å². The molecular formula is C19H16F3N5O2S. The number of nitrogens with one attached hydrogen (secondary N) is 1. The van der Waals surface area contributed by atoms with Crippen LogP contribution < -0.4 is 0 Å². The summed E-state index contributed by atoms with van der Waals surface area (Å²) in [7, 11) is -3.97. The molecular weight excluding hydrogens is 419 g/mol. The molecule has 1 fully saturated rings. The van der Waals surface area contributed by atoms with Crippen LogP contribution in [0.2, 0.25) is 0 Å². The predicted molar refractivity (Wildman–Crippen MR) is 101 cm³/mol. The van der Waals surface area contributed by atoms with Crippen LogP contribution in [-0.4, -0.2) is 38.7 Å². The van der Waals surface area contributed by atoms with Gasteiger partial charge < -0.3 is 4.98 Å². The third kappa shape index (κ3) is 3.04. The minimum atomic E-state index is -3.97. The number of sulfone groups is 1. The van der Waals surface area contributed by atoms with E-state index in [0.717, 1.165) is 11.3 Å². The average molecular weight is 435 g/mol. The molecule has 1 aliphatic rings. The standard InChI is InChI=1S/C19H16F3N5O2S/c20-13-6-12(7-14(21)17(13)22)30(28,29)9-10-1-2-11(5-10)19-26-25-16-8-24-18-15(27(16)19)3-4-23-18/h3-4,6-8,10-11,23H,1-2,5,9H2/t10-,11+/m0/s1. The predicted octanol–water partition coefficient (Wildman–Crippen LogP) is 3.38. The SMILES string of the molecule is O=S(=O)(C[C@H]1CC[C@@H](c2nnc3cnc4[nH]ccc4n23)C1)c1cc(F)c(F)c(F)c1. The monoisotopic (exact) mass is 435 g/mol. The minimum absolute atomic E-state index is 0.0117. The van der Waals surface area contributed by atoms with E-state index in [2.05, 4.69) is 20.2 Å². The Balaban J connectivity index is 1.40. The van der Waals surface area contributed by atoms with Gasteiger partial charge in [0, 0.05) is 12.1 Å². The van der Waals surface area contributed by atoms with Crippen LogP contribution in [0.4, 0.5) is 13.2 Å². The van der Waals surface area contributed by atoms with Gasteiger partial charge >= 0.3 is 0 Å². The molecule has 4 aromatic rings. The summed E-state index contributed by atoms with van der Waals surface area (Å²) >= 11 is 0. The molecule has 30 heavy (non-hydrogen) atoms. The zero-order valence-corrected chi connectivity index (χ0v) is 16.3. The highest BCUT2D eigenvalue weighted by Crippen LogP contribution is 2.39. The van der Waals surface area contributed by atoms with Gasteiger partial charge in [-0.3, -0.25) is 4.40 Å². The number of aromatic amines is 1. The van der Waals surface area contributed by atoms with Gasteiger partial charge in [-0.05, 0) is 43.4 Å². The van der Waals surface area contributed by atoms with E-state index in [-0.39, 0.29) is 17.6 Å². The molecule has 3 heterocycles. The van der Waals surface area contributed by atoms with Crippen molar-refractivity contribution in [3.05, 3.63) is 53.9 Å². The lowest BCUT2D eigenvalue weighted by atomic mass is 10.1. The van der Waals surface area contributed by atoms with E-state index < -0.39 is 32.2 Å². The zero-order chi connectivity index (χ0) is 21.0. The zero-order valence-electron chi connectivity index (χ0n) is 15.5. The molecule has 0 unspecified atom stereocenters. The van der Waals surface area contributed by atoms with E-state index in [0.29, 0.717) is 42.7 Å². The molecule has 5 rings (SSSR count). The largest absolute Gasteiger partial charge is 0.345 e. The molecule has 0 spiro atoms. The Morgan fingerprint density at radius 3 is 2.67 bits per heavy atom. The first-order valence-electron chi connectivity index (χ1n) is 9.38. The highest BCUT2D eigenvalue weighted by atomic mass is 32.2. The summed E-state index contributed by atoms with van der Waals surface area (Å²) in [5, 5.41) is 8.47. The molecule has 1 aliphatic carbocycles. The van der Waals surface area contributed by atoms with Gasteiger partial charge in [-0.1, -0.05) is 0 Å². The number of aromatic nitrogens is 5. The van der Waals surface area contributed by atoms with Crippen molar-refractivity contribution in [2.24, 2.45) is 5.92 Å². The van der Waals surface area contributed by atoms with Crippen molar-refractivity contribution in [1.82, 2.24) is 24.6 Å². The van der Waals surface area contributed by atoms with E-state index in [4.69, 9.17) is 0 Å². The minimum Gasteiger partial charge on any atom is -0.345 e. The smallest absolute Gasteiger partial charge is 0.194 e. The van der Waals surface area contributed by atoms with Gasteiger partial charge in [-0.2, -0.15) is 0 Å². The van der Waals surface area contributed by atoms with Gasteiger partial charge in [0.25, 0.3) is 0 Å². The van der Waals surface area contributed by atoms with Gasteiger partial charge in [0.2, 0.25) is 0 Å². The lowest BCUT2D eigenvalue weighted by molar-refractivity contribution is 0.442. The van der Waals surface area contributed by atoms with E-state index in [1.165, 1.54) is 0 Å². The molecule has 0 amide bonds. The Morgan fingerprint density at radius 2 is 1.90 bits per heavy atom. The fraction of sp³-hybridized carbons (Fsp3) is 0.316. The molecule has 0 aliphatic heterocycles. The van der Waals surface area contributed by atoms with Crippen LogP contribution in [-0.2, 0) is 9.84 Å². The van der Waals surface area contributed by atoms with Crippen molar-refractivity contribution < 1.29 is 21.6 Å². The summed E-state index contributed by atoms with van der Waals surface area (Å²) in [6.07, 6.45) is 5.25. The van der Waals surface area contributed by atoms with Crippen LogP contribution in [0.3, 0.4) is 0 Å². The molecule has 0 bridgehead atoms. The second-order valence-electron chi connectivity index (χ2n) is 7.58. The van der Waals surface area contributed by atoms with E-state index >= 15 is 0 Å². The summed E-state index contributed by atoms with van der Waals surface area (Å²) in [4.78, 5) is 6.77. The van der Waals surface area contributed by atoms with Gasteiger partial charge in [0.1, 0.15) is 5.82 Å². The molecule has 0 saturated heterocycles. The molecule has 11 heteroatoms. The van der Waals surface area contributed by atoms with Gasteiger partial charge in [0.05, 0.1) is 22.4 Å². The molecule has 3 aromatic heterocycles. The summed E-state index contributed by atoms with van der Waals surface area (Å²) in [5.41, 5.74) is 2.13. The van der Waals surface area contributed by atoms with Gasteiger partial charge in [0.15, 0.2) is 38.6 Å². The molecule has 7 nitrogen and oxygen atoms in total. The summed E-state index contributed by atoms with van der Waals surface area (Å²) in [5.74, 6) is -4.48. The maximum Gasteiger partial charge on any atom is 0.194 e. The Labute approximate surface area is 168 Å². The van der Waals surface area contributed by atoms with Crippen LogP contribution in [0.15, 0.2) is 35.5 Å². The molecule has 156 valence electrons. The van der Waals surface area contributed by atoms with Crippen molar-refractivity contribution >= 4 is 26.6 Å². The number of nitrogens with zero attached hydrogens (tertiary/aromatic N) is 4. The van der Waals surface area contributed by atoms with E-state index in [1.54, 1.807) is 12.4 Å². The van der Waals surface area contributed by atoms with Crippen LogP contribution >= 0.6 is 0 Å². The number of fused-ring (bicyclic) bond motifs is 3. The lowest BCUT2D eigenvalue weighted by Crippen LogP contribution is -2.15.